The summed E-state index contributed by atoms with van der Waals surface area (Å²) in [5, 5.41) is 9.16. The summed E-state index contributed by atoms with van der Waals surface area (Å²) in [7, 11) is 0. The molecule has 0 fully saturated rings. The van der Waals surface area contributed by atoms with Crippen molar-refractivity contribution in [2.45, 2.75) is 0 Å². The largest absolute Gasteiger partial charge is 0.455 e. The van der Waals surface area contributed by atoms with E-state index < -0.39 is 0 Å². The van der Waals surface area contributed by atoms with Crippen LogP contribution in [0.15, 0.2) is 482 Å². The van der Waals surface area contributed by atoms with Crippen LogP contribution in [0.1, 0.15) is 0 Å². The van der Waals surface area contributed by atoms with E-state index >= 15 is 0 Å². The Bertz CT molecular complexity index is 8290. The van der Waals surface area contributed by atoms with Crippen LogP contribution in [0, 0.1) is 0 Å². The number of nitrogens with zero attached hydrogens (tertiary/aromatic N) is 4. The van der Waals surface area contributed by atoms with Crippen molar-refractivity contribution in [3.8, 4) is 112 Å². The molecule has 0 unspecified atom stereocenters. The van der Waals surface area contributed by atoms with E-state index in [2.05, 4.69) is 492 Å². The fourth-order valence-electron chi connectivity index (χ4n) is 19.6. The van der Waals surface area contributed by atoms with Gasteiger partial charge >= 0.3 is 0 Å². The van der Waals surface area contributed by atoms with Gasteiger partial charge < -0.3 is 27.8 Å². The highest BCUT2D eigenvalue weighted by atomic mass is 16.3. The van der Waals surface area contributed by atoms with E-state index in [9.17, 15) is 0 Å². The van der Waals surface area contributed by atoms with E-state index in [0.29, 0.717) is 0 Å². The molecule has 24 rings (SSSR count). The lowest BCUT2D eigenvalue weighted by Gasteiger charge is -2.30. The summed E-state index contributed by atoms with van der Waals surface area (Å²) in [6, 6.07) is 172. The van der Waals surface area contributed by atoms with Crippen molar-refractivity contribution in [1.29, 1.82) is 0 Å². The van der Waals surface area contributed by atoms with E-state index in [4.69, 9.17) is 8.83 Å². The molecule has 126 heavy (non-hydrogen) atoms. The van der Waals surface area contributed by atoms with Crippen LogP contribution >= 0.6 is 0 Å². The van der Waals surface area contributed by atoms with E-state index in [-0.39, 0.29) is 0 Å². The van der Waals surface area contributed by atoms with E-state index in [1.807, 2.05) is 0 Å². The Morgan fingerprint density at radius 2 is 0.532 bits per heavy atom. The molecular formula is C120H78N4O2. The molecule has 0 spiro atoms. The molecule has 0 bridgehead atoms. The van der Waals surface area contributed by atoms with Crippen LogP contribution in [-0.2, 0) is 0 Å². The maximum atomic E-state index is 6.97. The summed E-state index contributed by atoms with van der Waals surface area (Å²) in [5.41, 5.74) is 36.2. The Kier molecular flexibility index (Phi) is 17.8. The van der Waals surface area contributed by atoms with Gasteiger partial charge in [-0.25, -0.2) is 0 Å². The van der Waals surface area contributed by atoms with Crippen LogP contribution in [0.25, 0.3) is 199 Å². The summed E-state index contributed by atoms with van der Waals surface area (Å²) in [4.78, 5) is 4.88. The van der Waals surface area contributed by atoms with Crippen molar-refractivity contribution in [3.63, 3.8) is 0 Å². The second-order valence-electron chi connectivity index (χ2n) is 32.5. The molecule has 0 amide bonds. The number of fused-ring (bicyclic) bond motifs is 12. The van der Waals surface area contributed by atoms with Crippen LogP contribution in [0.4, 0.5) is 34.1 Å². The minimum absolute atomic E-state index is 0.836. The normalized spacial score (nSPS) is 11.7. The van der Waals surface area contributed by atoms with Gasteiger partial charge in [-0.1, -0.05) is 346 Å². The van der Waals surface area contributed by atoms with Crippen molar-refractivity contribution in [2.75, 3.05) is 9.80 Å². The highest BCUT2D eigenvalue weighted by Gasteiger charge is 2.28. The van der Waals surface area contributed by atoms with Gasteiger partial charge in [-0.2, -0.15) is 0 Å². The quantitative estimate of drug-likeness (QED) is 0.0911. The molecule has 0 aliphatic rings. The predicted molar refractivity (Wildman–Crippen MR) is 528 cm³/mol. The van der Waals surface area contributed by atoms with E-state index in [1.165, 1.54) is 32.6 Å². The average Bonchev–Trinajstić information content (AvgIpc) is 1.45. The van der Waals surface area contributed by atoms with Gasteiger partial charge in [0.25, 0.3) is 0 Å². The summed E-state index contributed by atoms with van der Waals surface area (Å²) in [6.07, 6.45) is 0. The second-order valence-corrected chi connectivity index (χ2v) is 32.5. The summed E-state index contributed by atoms with van der Waals surface area (Å²) >= 11 is 0. The van der Waals surface area contributed by atoms with Crippen molar-refractivity contribution >= 4 is 122 Å². The molecule has 0 saturated carbocycles. The number of aromatic nitrogens is 2. The molecule has 6 nitrogen and oxygen atoms in total. The fourth-order valence-corrected chi connectivity index (χ4v) is 19.6. The number of furan rings is 2. The molecule has 4 aromatic heterocycles. The summed E-state index contributed by atoms with van der Waals surface area (Å²) in [5.74, 6) is 0. The van der Waals surface area contributed by atoms with Gasteiger partial charge in [0, 0.05) is 99.3 Å². The molecular weight excluding hydrogens is 1530 g/mol. The van der Waals surface area contributed by atoms with Gasteiger partial charge in [0.2, 0.25) is 0 Å². The van der Waals surface area contributed by atoms with E-state index in [1.54, 1.807) is 0 Å². The molecule has 0 aliphatic heterocycles. The lowest BCUT2D eigenvalue weighted by Crippen LogP contribution is -2.12. The lowest BCUT2D eigenvalue weighted by atomic mass is 9.93. The zero-order valence-corrected chi connectivity index (χ0v) is 68.6. The molecule has 0 aliphatic carbocycles. The molecule has 4 heterocycles. The van der Waals surface area contributed by atoms with E-state index in [0.717, 1.165) is 201 Å². The molecule has 0 N–H and O–H groups in total. The number of rotatable bonds is 17. The fraction of sp³-hybridized carbons (Fsp3) is 0. The smallest absolute Gasteiger partial charge is 0.143 e. The first-order valence-corrected chi connectivity index (χ1v) is 43.1. The van der Waals surface area contributed by atoms with Gasteiger partial charge in [0.1, 0.15) is 22.3 Å². The van der Waals surface area contributed by atoms with Crippen LogP contribution in [0.3, 0.4) is 0 Å². The van der Waals surface area contributed by atoms with Crippen molar-refractivity contribution in [1.82, 2.24) is 9.13 Å². The standard InChI is InChI=1S/C120H78N4O2/c1-4-30-79(31-5-1)85-37-25-41-92(75-85)121(109-55-18-14-49-102(109)105-73-72-97(83-34-8-3-9-35-83)120-118(105)106-50-16-23-60-115(106)125-120)90-67-62-80(63-68-90)87-39-27-43-94(77-87)124-112-58-21-13-47-100(112)103-71-66-88(78-114(103)124)84-36-24-40-89(74-84)95-44-10-17-54-108(95)122(91-69-64-81(65-70-91)86-38-26-42-93(76-86)123-110-56-19-11-45-98(110)99-46-12-20-57-111(99)123)113-59-22-15-48-101(113)104-52-29-61-116-117(104)107-53-28-51-96(119(107)126-116)82-32-6-2-7-33-82/h1-78H. The third-order valence-electron chi connectivity index (χ3n) is 25.3. The number of benzene rings is 20. The van der Waals surface area contributed by atoms with Gasteiger partial charge in [0.05, 0.1) is 39.1 Å². The topological polar surface area (TPSA) is 42.6 Å². The number of anilines is 6. The molecule has 0 radical (unpaired) electrons. The Hall–Kier alpha value is -16.8. The molecule has 0 atom stereocenters. The maximum Gasteiger partial charge on any atom is 0.143 e. The van der Waals surface area contributed by atoms with Crippen LogP contribution in [-0.4, -0.2) is 9.13 Å². The highest BCUT2D eigenvalue weighted by Crippen LogP contribution is 2.52. The molecule has 590 valence electrons. The minimum Gasteiger partial charge on any atom is -0.455 e. The zero-order valence-electron chi connectivity index (χ0n) is 68.6. The van der Waals surface area contributed by atoms with Crippen LogP contribution in [0.2, 0.25) is 0 Å². The first-order valence-electron chi connectivity index (χ1n) is 43.1. The number of para-hydroxylation sites is 8. The van der Waals surface area contributed by atoms with Gasteiger partial charge in [-0.3, -0.25) is 0 Å². The molecule has 0 saturated heterocycles. The SMILES string of the molecule is c1ccc(-c2cccc(N(c3ccc(-c4cccc(-n5c6ccccc6c6ccc(-c7cccc(-c8ccccc8N(c8ccc(-c9cccc(-n%10c%11ccccc%11c%11ccccc%11%10)c9)cc8)c8ccccc8-c8cccc9oc%10c(-c%11ccccc%11)cccc%10c89)c7)cc65)c4)cc3)c3ccccc3-c3ccc(-c4ccccc4)c4oc5ccccc5c34)c2)cc1. The second kappa shape index (κ2) is 30.7. The molecule has 20 aromatic carbocycles. The summed E-state index contributed by atoms with van der Waals surface area (Å²) in [6.45, 7) is 0. The Morgan fingerprint density at radius 3 is 1.15 bits per heavy atom. The Balaban J connectivity index is 0.603. The maximum absolute atomic E-state index is 6.97. The van der Waals surface area contributed by atoms with Crippen LogP contribution in [0.5, 0.6) is 0 Å². The van der Waals surface area contributed by atoms with Crippen molar-refractivity contribution in [2.24, 2.45) is 0 Å². The van der Waals surface area contributed by atoms with Gasteiger partial charge in [-0.05, 0) is 200 Å². The third kappa shape index (κ3) is 12.6. The van der Waals surface area contributed by atoms with Crippen LogP contribution < -0.4 is 9.80 Å². The molecule has 24 aromatic rings. The molecule has 6 heteroatoms. The number of hydrogen-bond donors (Lipinski definition) is 0. The minimum atomic E-state index is 0.836. The third-order valence-corrected chi connectivity index (χ3v) is 25.3. The van der Waals surface area contributed by atoms with Gasteiger partial charge in [0.15, 0.2) is 0 Å². The highest BCUT2D eigenvalue weighted by molar-refractivity contribution is 6.19. The zero-order chi connectivity index (χ0) is 83.1. The van der Waals surface area contributed by atoms with Gasteiger partial charge in [-0.15, -0.1) is 0 Å². The monoisotopic (exact) mass is 1610 g/mol. The first kappa shape index (κ1) is 73.1. The lowest BCUT2D eigenvalue weighted by molar-refractivity contribution is 0.669. The first-order chi connectivity index (χ1) is 62.5. The Morgan fingerprint density at radius 1 is 0.167 bits per heavy atom. The average molecular weight is 1610 g/mol. The number of hydrogen-bond acceptors (Lipinski definition) is 4. The van der Waals surface area contributed by atoms with Crippen molar-refractivity contribution < 1.29 is 8.83 Å². The van der Waals surface area contributed by atoms with Crippen molar-refractivity contribution in [3.05, 3.63) is 473 Å². The Labute approximate surface area is 729 Å². The predicted octanol–water partition coefficient (Wildman–Crippen LogP) is 33.6. The summed E-state index contributed by atoms with van der Waals surface area (Å²) < 4.78 is 18.7.